The molecule has 1 aliphatic heterocycles. The van der Waals surface area contributed by atoms with Crippen molar-refractivity contribution in [2.24, 2.45) is 5.92 Å². The molecule has 0 spiro atoms. The van der Waals surface area contributed by atoms with Gasteiger partial charge in [-0.3, -0.25) is 19.2 Å². The van der Waals surface area contributed by atoms with Gasteiger partial charge in [0.05, 0.1) is 25.0 Å². The van der Waals surface area contributed by atoms with Crippen LogP contribution in [0.3, 0.4) is 0 Å². The lowest BCUT2D eigenvalue weighted by Crippen LogP contribution is -2.68. The fourth-order valence-corrected chi connectivity index (χ4v) is 6.32. The largest absolute Gasteiger partial charge is 0.497 e. The van der Waals surface area contributed by atoms with Crippen LogP contribution < -0.4 is 15.4 Å². The lowest BCUT2D eigenvalue weighted by Gasteiger charge is -2.54. The van der Waals surface area contributed by atoms with Crippen molar-refractivity contribution in [3.8, 4) is 5.75 Å². The summed E-state index contributed by atoms with van der Waals surface area (Å²) in [4.78, 5) is 62.2. The molecule has 4 N–H and O–H groups in total. The Balaban J connectivity index is 1.41. The molecule has 1 aromatic heterocycles. The number of aromatic nitrogens is 2. The summed E-state index contributed by atoms with van der Waals surface area (Å²) < 4.78 is 19.1. The van der Waals surface area contributed by atoms with Crippen LogP contribution in [0.25, 0.3) is 0 Å². The fourth-order valence-electron chi connectivity index (χ4n) is 6.32. The molecule has 11 nitrogen and oxygen atoms in total. The van der Waals surface area contributed by atoms with Gasteiger partial charge in [-0.15, -0.1) is 0 Å². The third-order valence-electron chi connectivity index (χ3n) is 8.89. The van der Waals surface area contributed by atoms with Crippen LogP contribution in [0.2, 0.25) is 0 Å². The number of carbonyl (C=O) groups is 4. The Hall–Kier alpha value is -5.52. The van der Waals surface area contributed by atoms with Crippen LogP contribution >= 0.6 is 0 Å². The second-order valence-corrected chi connectivity index (χ2v) is 11.9. The van der Waals surface area contributed by atoms with Crippen molar-refractivity contribution in [1.82, 2.24) is 25.5 Å². The van der Waals surface area contributed by atoms with Gasteiger partial charge in [0, 0.05) is 43.1 Å². The number of H-pyrrole nitrogens is 1. The van der Waals surface area contributed by atoms with E-state index in [1.807, 2.05) is 0 Å². The van der Waals surface area contributed by atoms with E-state index in [0.717, 1.165) is 5.56 Å². The van der Waals surface area contributed by atoms with Gasteiger partial charge in [-0.1, -0.05) is 49.4 Å². The molecule has 0 bridgehead atoms. The number of aliphatic carboxylic acids is 1. The SMILES string of the molecule is CCC(C(=O)O)C1(c2ccc(F)cc2)CN(C(=O)[C@H](Cc2ccc(OC)cc2)NC(=O)[C@H](Cc2c[nH]cn2)NC(=O)c2ccccc2)C1. The zero-order valence-corrected chi connectivity index (χ0v) is 26.7. The smallest absolute Gasteiger partial charge is 0.307 e. The van der Waals surface area contributed by atoms with E-state index in [1.165, 1.54) is 23.4 Å². The van der Waals surface area contributed by atoms with Crippen LogP contribution in [0.4, 0.5) is 4.39 Å². The summed E-state index contributed by atoms with van der Waals surface area (Å²) in [6.07, 6.45) is 3.57. The average Bonchev–Trinajstić information content (AvgIpc) is 3.59. The Morgan fingerprint density at radius 3 is 2.23 bits per heavy atom. The van der Waals surface area contributed by atoms with Crippen LogP contribution in [-0.2, 0) is 32.6 Å². The number of carbonyl (C=O) groups excluding carboxylic acids is 3. The molecule has 3 atom stereocenters. The Labute approximate surface area is 277 Å². The number of halogens is 1. The maximum Gasteiger partial charge on any atom is 0.307 e. The van der Waals surface area contributed by atoms with E-state index >= 15 is 0 Å². The van der Waals surface area contributed by atoms with Crippen LogP contribution in [0.1, 0.15) is 40.5 Å². The molecule has 1 unspecified atom stereocenters. The molecule has 48 heavy (non-hydrogen) atoms. The second kappa shape index (κ2) is 14.9. The molecule has 250 valence electrons. The molecule has 0 radical (unpaired) electrons. The molecule has 0 aliphatic carbocycles. The summed E-state index contributed by atoms with van der Waals surface area (Å²) in [5.74, 6) is -3.12. The molecule has 1 fully saturated rings. The highest BCUT2D eigenvalue weighted by atomic mass is 19.1. The van der Waals surface area contributed by atoms with Gasteiger partial charge >= 0.3 is 5.97 Å². The predicted octanol–water partition coefficient (Wildman–Crippen LogP) is 3.52. The number of methoxy groups -OCH3 is 1. The van der Waals surface area contributed by atoms with Gasteiger partial charge in [0.25, 0.3) is 5.91 Å². The van der Waals surface area contributed by atoms with E-state index in [0.29, 0.717) is 29.0 Å². The molecule has 1 saturated heterocycles. The number of likely N-dealkylation sites (tertiary alicyclic amines) is 1. The molecular formula is C36H38FN5O6. The number of hydrogen-bond acceptors (Lipinski definition) is 6. The van der Waals surface area contributed by atoms with Gasteiger partial charge in [0.15, 0.2) is 0 Å². The lowest BCUT2D eigenvalue weighted by atomic mass is 9.63. The maximum absolute atomic E-state index is 14.2. The minimum atomic E-state index is -1.07. The van der Waals surface area contributed by atoms with Gasteiger partial charge in [-0.05, 0) is 53.9 Å². The van der Waals surface area contributed by atoms with Gasteiger partial charge in [-0.2, -0.15) is 0 Å². The summed E-state index contributed by atoms with van der Waals surface area (Å²) in [7, 11) is 1.54. The van der Waals surface area contributed by atoms with Crippen LogP contribution in [0.15, 0.2) is 91.4 Å². The van der Waals surface area contributed by atoms with Crippen LogP contribution in [0.5, 0.6) is 5.75 Å². The van der Waals surface area contributed by atoms with Crippen molar-refractivity contribution >= 4 is 23.7 Å². The van der Waals surface area contributed by atoms with Gasteiger partial charge in [0.1, 0.15) is 23.7 Å². The van der Waals surface area contributed by atoms with Crippen molar-refractivity contribution < 1.29 is 33.4 Å². The lowest BCUT2D eigenvalue weighted by molar-refractivity contribution is -0.155. The number of benzene rings is 3. The van der Waals surface area contributed by atoms with Crippen LogP contribution in [0, 0.1) is 11.7 Å². The molecule has 5 rings (SSSR count). The molecular weight excluding hydrogens is 617 g/mol. The van der Waals surface area contributed by atoms with Gasteiger partial charge in [-0.25, -0.2) is 9.37 Å². The zero-order valence-electron chi connectivity index (χ0n) is 26.7. The summed E-state index contributed by atoms with van der Waals surface area (Å²) in [6, 6.07) is 19.1. The standard InChI is InChI=1S/C36H38FN5O6/c1-3-29(35(46)47)36(25-11-13-26(37)14-12-25)20-42(21-36)34(45)31(17-23-9-15-28(48-2)16-10-23)41-33(44)30(18-27-19-38-22-39-27)40-32(43)24-7-5-4-6-8-24/h4-16,19,22,29-31H,3,17-18,20-21H2,1-2H3,(H,38,39)(H,40,43)(H,41,44)(H,46,47)/t29?,30-,31-/m0/s1. The highest BCUT2D eigenvalue weighted by molar-refractivity contribution is 5.98. The number of hydrogen-bond donors (Lipinski definition) is 4. The third-order valence-corrected chi connectivity index (χ3v) is 8.89. The zero-order chi connectivity index (χ0) is 34.3. The summed E-state index contributed by atoms with van der Waals surface area (Å²) in [6.45, 7) is 1.90. The fraction of sp³-hybridized carbons (Fsp3) is 0.306. The average molecular weight is 656 g/mol. The van der Waals surface area contributed by atoms with Crippen molar-refractivity contribution in [3.63, 3.8) is 0 Å². The van der Waals surface area contributed by atoms with Crippen molar-refractivity contribution in [3.05, 3.63) is 120 Å². The number of ether oxygens (including phenoxy) is 1. The summed E-state index contributed by atoms with van der Waals surface area (Å²) >= 11 is 0. The Bertz CT molecular complexity index is 1710. The molecule has 3 aromatic carbocycles. The van der Waals surface area contributed by atoms with Crippen molar-refractivity contribution in [2.75, 3.05) is 20.2 Å². The first-order chi connectivity index (χ1) is 23.1. The Kier molecular flexibility index (Phi) is 10.5. The summed E-state index contributed by atoms with van der Waals surface area (Å²) in [5.41, 5.74) is 1.33. The number of rotatable bonds is 14. The second-order valence-electron chi connectivity index (χ2n) is 11.9. The minimum Gasteiger partial charge on any atom is -0.497 e. The van der Waals surface area contributed by atoms with Crippen molar-refractivity contribution in [2.45, 2.75) is 43.7 Å². The van der Waals surface area contributed by atoms with Crippen LogP contribution in [-0.4, -0.2) is 75.9 Å². The minimum absolute atomic E-state index is 0.0610. The van der Waals surface area contributed by atoms with E-state index in [-0.39, 0.29) is 25.9 Å². The molecule has 3 amide bonds. The number of aromatic amines is 1. The first-order valence-corrected chi connectivity index (χ1v) is 15.7. The first kappa shape index (κ1) is 33.8. The molecule has 2 heterocycles. The topological polar surface area (TPSA) is 154 Å². The van der Waals surface area contributed by atoms with E-state index in [2.05, 4.69) is 20.6 Å². The molecule has 12 heteroatoms. The molecule has 4 aromatic rings. The van der Waals surface area contributed by atoms with Gasteiger partial charge < -0.3 is 30.4 Å². The Morgan fingerprint density at radius 2 is 1.65 bits per heavy atom. The quantitative estimate of drug-likeness (QED) is 0.162. The highest BCUT2D eigenvalue weighted by Gasteiger charge is 2.54. The van der Waals surface area contributed by atoms with E-state index in [4.69, 9.17) is 4.74 Å². The predicted molar refractivity (Wildman–Crippen MR) is 175 cm³/mol. The number of nitrogens with zero attached hydrogens (tertiary/aromatic N) is 2. The molecule has 0 saturated carbocycles. The first-order valence-electron chi connectivity index (χ1n) is 15.7. The Morgan fingerprint density at radius 1 is 0.958 bits per heavy atom. The number of imidazole rings is 1. The number of nitrogens with one attached hydrogen (secondary N) is 3. The number of carboxylic acid groups (broad SMARTS) is 1. The normalized spacial score (nSPS) is 15.4. The van der Waals surface area contributed by atoms with E-state index in [1.54, 1.807) is 87.0 Å². The highest BCUT2D eigenvalue weighted by Crippen LogP contribution is 2.43. The van der Waals surface area contributed by atoms with Crippen molar-refractivity contribution in [1.29, 1.82) is 0 Å². The molecule has 1 aliphatic rings. The number of amides is 3. The summed E-state index contributed by atoms with van der Waals surface area (Å²) in [5, 5.41) is 15.8. The van der Waals surface area contributed by atoms with E-state index < -0.39 is 52.9 Å². The number of carboxylic acids is 1. The third kappa shape index (κ3) is 7.54. The monoisotopic (exact) mass is 655 g/mol. The maximum atomic E-state index is 14.2. The van der Waals surface area contributed by atoms with Gasteiger partial charge in [0.2, 0.25) is 11.8 Å². The van der Waals surface area contributed by atoms with E-state index in [9.17, 15) is 28.7 Å².